The molecule has 0 fully saturated rings. The van der Waals surface area contributed by atoms with Crippen LogP contribution in [0.4, 0.5) is 26.3 Å². The third-order valence-electron chi connectivity index (χ3n) is 10.5. The summed E-state index contributed by atoms with van der Waals surface area (Å²) in [5, 5.41) is 82.5. The van der Waals surface area contributed by atoms with Gasteiger partial charge >= 0.3 is 12.4 Å². The van der Waals surface area contributed by atoms with Crippen molar-refractivity contribution in [1.82, 2.24) is 0 Å². The number of halogens is 6. The number of hydrogen-bond acceptors (Lipinski definition) is 8. The molecule has 3 aliphatic rings. The maximum atomic E-state index is 14.0. The lowest BCUT2D eigenvalue weighted by molar-refractivity contribution is -0.137. The Balaban J connectivity index is 1.77. The van der Waals surface area contributed by atoms with Crippen LogP contribution in [0.1, 0.15) is 79.6 Å². The summed E-state index contributed by atoms with van der Waals surface area (Å²) in [6, 6.07) is 27.6. The monoisotopic (exact) mass is 820 g/mol. The number of fused-ring (bicyclic) bond motifs is 2. The van der Waals surface area contributed by atoms with E-state index in [0.29, 0.717) is 0 Å². The van der Waals surface area contributed by atoms with Crippen LogP contribution in [0, 0.1) is 90.6 Å². The fourth-order valence-corrected chi connectivity index (χ4v) is 7.86. The number of alkyl halides is 6. The van der Waals surface area contributed by atoms with E-state index in [1.54, 1.807) is 0 Å². The zero-order valence-electron chi connectivity index (χ0n) is 31.3. The Labute approximate surface area is 348 Å². The molecular weight excluding hydrogens is 803 g/mol. The summed E-state index contributed by atoms with van der Waals surface area (Å²) < 4.78 is 83.9. The van der Waals surface area contributed by atoms with Gasteiger partial charge in [0, 0.05) is 39.0 Å². The molecule has 0 atom stereocenters. The highest BCUT2D eigenvalue weighted by Crippen LogP contribution is 2.57. The van der Waals surface area contributed by atoms with Crippen molar-refractivity contribution in [1.29, 1.82) is 42.1 Å². The van der Waals surface area contributed by atoms with Crippen molar-refractivity contribution in [2.24, 2.45) is 0 Å². The van der Waals surface area contributed by atoms with Gasteiger partial charge in [-0.1, -0.05) is 24.3 Å². The summed E-state index contributed by atoms with van der Waals surface area (Å²) in [7, 11) is 0. The molecule has 0 N–H and O–H groups in total. The SMILES string of the molecule is N#CC1=C/C(=C(/C#N)c2cc(C#N)cc(C#N)c2)c2c1c(C1=CC=C(C(F)(F)F)CC1)c1c(c2-c2ccc(C(F)(F)F)cc2)/C(=C(\C#N)c2cc(C#N)cc(C#N)c2)C=C1C#N. The van der Waals surface area contributed by atoms with Gasteiger partial charge in [-0.25, -0.2) is 0 Å². The Morgan fingerprint density at radius 2 is 0.887 bits per heavy atom. The zero-order chi connectivity index (χ0) is 44.7. The van der Waals surface area contributed by atoms with Crippen molar-refractivity contribution < 1.29 is 26.3 Å². The molecule has 62 heavy (non-hydrogen) atoms. The minimum Gasteiger partial charge on any atom is -0.192 e. The van der Waals surface area contributed by atoms with Gasteiger partial charge in [0.1, 0.15) is 12.1 Å². The van der Waals surface area contributed by atoms with Gasteiger partial charge in [-0.05, 0) is 107 Å². The first-order valence-electron chi connectivity index (χ1n) is 18.0. The normalized spacial score (nSPS) is 15.5. The summed E-state index contributed by atoms with van der Waals surface area (Å²) >= 11 is 0. The van der Waals surface area contributed by atoms with Crippen LogP contribution in [0.5, 0.6) is 0 Å². The van der Waals surface area contributed by atoms with Crippen LogP contribution >= 0.6 is 0 Å². The molecule has 14 heteroatoms. The quantitative estimate of drug-likeness (QED) is 0.143. The van der Waals surface area contributed by atoms with E-state index < -0.39 is 29.9 Å². The van der Waals surface area contributed by atoms with Gasteiger partial charge < -0.3 is 0 Å². The second-order valence-corrected chi connectivity index (χ2v) is 13.9. The Bertz CT molecular complexity index is 3050. The maximum absolute atomic E-state index is 14.0. The molecule has 0 unspecified atom stereocenters. The molecule has 0 radical (unpaired) electrons. The van der Waals surface area contributed by atoms with Gasteiger partial charge in [-0.2, -0.15) is 68.4 Å². The van der Waals surface area contributed by atoms with Crippen LogP contribution in [0.25, 0.3) is 50.1 Å². The predicted molar refractivity (Wildman–Crippen MR) is 212 cm³/mol. The molecule has 7 rings (SSSR count). The molecule has 4 aromatic rings. The lowest BCUT2D eigenvalue weighted by Gasteiger charge is -2.26. The highest BCUT2D eigenvalue weighted by Gasteiger charge is 2.41. The molecule has 292 valence electrons. The Hall–Kier alpha value is -9.18. The van der Waals surface area contributed by atoms with E-state index in [2.05, 4.69) is 24.3 Å². The summed E-state index contributed by atoms with van der Waals surface area (Å²) in [5.41, 5.74) is -2.25. The number of hydrogen-bond donors (Lipinski definition) is 0. The predicted octanol–water partition coefficient (Wildman–Crippen LogP) is 11.2. The summed E-state index contributed by atoms with van der Waals surface area (Å²) in [6.07, 6.45) is -5.62. The van der Waals surface area contributed by atoms with Crippen molar-refractivity contribution in [3.8, 4) is 59.7 Å². The number of nitriles is 8. The molecule has 8 nitrogen and oxygen atoms in total. The second kappa shape index (κ2) is 15.5. The molecule has 0 bridgehead atoms. The van der Waals surface area contributed by atoms with Gasteiger partial charge in [-0.3, -0.25) is 0 Å². The lowest BCUT2D eigenvalue weighted by atomic mass is 9.76. The summed E-state index contributed by atoms with van der Waals surface area (Å²) in [6.45, 7) is 0. The highest BCUT2D eigenvalue weighted by molar-refractivity contribution is 6.23. The van der Waals surface area contributed by atoms with Crippen LogP contribution in [0.15, 0.2) is 90.5 Å². The third-order valence-corrected chi connectivity index (χ3v) is 10.5. The smallest absolute Gasteiger partial charge is 0.192 e. The van der Waals surface area contributed by atoms with Gasteiger partial charge in [0.25, 0.3) is 0 Å². The third kappa shape index (κ3) is 6.94. The Morgan fingerprint density at radius 3 is 1.21 bits per heavy atom. The molecule has 0 heterocycles. The molecule has 3 aliphatic carbocycles. The van der Waals surface area contributed by atoms with Crippen LogP contribution in [-0.4, -0.2) is 6.18 Å². The van der Waals surface area contributed by atoms with Crippen molar-refractivity contribution in [2.75, 3.05) is 0 Å². The first-order chi connectivity index (χ1) is 29.6. The fourth-order valence-electron chi connectivity index (χ4n) is 7.86. The first kappa shape index (κ1) is 41.0. The molecule has 0 aromatic heterocycles. The minimum atomic E-state index is -4.79. The molecule has 0 spiro atoms. The average Bonchev–Trinajstić information content (AvgIpc) is 3.84. The molecule has 4 aromatic carbocycles. The van der Waals surface area contributed by atoms with Crippen molar-refractivity contribution in [3.05, 3.63) is 157 Å². The summed E-state index contributed by atoms with van der Waals surface area (Å²) in [5.74, 6) is 0. The summed E-state index contributed by atoms with van der Waals surface area (Å²) in [4.78, 5) is 0. The lowest BCUT2D eigenvalue weighted by Crippen LogP contribution is -2.14. The highest BCUT2D eigenvalue weighted by atomic mass is 19.4. The van der Waals surface area contributed by atoms with E-state index >= 15 is 0 Å². The van der Waals surface area contributed by atoms with E-state index in [1.807, 2.05) is 24.3 Å². The molecule has 0 amide bonds. The van der Waals surface area contributed by atoms with E-state index in [9.17, 15) is 68.4 Å². The molecular formula is C48H18F6N8. The average molecular weight is 821 g/mol. The molecule has 0 saturated carbocycles. The van der Waals surface area contributed by atoms with Crippen LogP contribution < -0.4 is 0 Å². The van der Waals surface area contributed by atoms with Gasteiger partial charge in [0.05, 0.1) is 86.5 Å². The Morgan fingerprint density at radius 1 is 0.452 bits per heavy atom. The van der Waals surface area contributed by atoms with Crippen molar-refractivity contribution in [3.63, 3.8) is 0 Å². The number of rotatable bonds is 4. The van der Waals surface area contributed by atoms with E-state index in [1.165, 1.54) is 54.6 Å². The minimum absolute atomic E-state index is 0.0118. The number of allylic oxidation sites excluding steroid dienone is 12. The van der Waals surface area contributed by atoms with Crippen molar-refractivity contribution in [2.45, 2.75) is 25.2 Å². The Kier molecular flexibility index (Phi) is 10.3. The molecule has 0 aliphatic heterocycles. The molecule has 0 saturated heterocycles. The van der Waals surface area contributed by atoms with Crippen LogP contribution in [0.3, 0.4) is 0 Å². The largest absolute Gasteiger partial charge is 0.416 e. The maximum Gasteiger partial charge on any atom is 0.416 e. The van der Waals surface area contributed by atoms with Crippen molar-refractivity contribution >= 4 is 39.0 Å². The van der Waals surface area contributed by atoms with E-state index in [0.717, 1.165) is 30.3 Å². The van der Waals surface area contributed by atoms with Gasteiger partial charge in [0.15, 0.2) is 0 Å². The standard InChI is InChI=1S/C48H18F6N8/c49-47(50,51)35-5-1-29(2-6-35)41-43-33(21-59)15-37(39(23-61)31-11-25(17-55)9-26(12-31)18-56)45(43)42(30-3-7-36(8-4-30)48(52,53)54)46-38(16-34(22-60)44(41)46)40(24-62)32-13-27(19-57)10-28(14-32)20-58/h1,3-5,7-16H,2,6H2/b39-37+,40-38+. The fraction of sp³-hybridized carbons (Fsp3) is 0.0833. The van der Waals surface area contributed by atoms with Crippen LogP contribution in [0.2, 0.25) is 0 Å². The number of nitrogens with zero attached hydrogens (tertiary/aromatic N) is 8. The van der Waals surface area contributed by atoms with E-state index in [-0.39, 0.29) is 118 Å². The van der Waals surface area contributed by atoms with Crippen LogP contribution in [-0.2, 0) is 6.18 Å². The van der Waals surface area contributed by atoms with Gasteiger partial charge in [0.2, 0.25) is 0 Å². The topological polar surface area (TPSA) is 190 Å². The number of benzene rings is 4. The van der Waals surface area contributed by atoms with Gasteiger partial charge in [-0.15, -0.1) is 0 Å². The second-order valence-electron chi connectivity index (χ2n) is 13.9. The zero-order valence-corrected chi connectivity index (χ0v) is 31.3. The van der Waals surface area contributed by atoms with E-state index in [4.69, 9.17) is 0 Å². The first-order valence-corrected chi connectivity index (χ1v) is 18.0.